The van der Waals surface area contributed by atoms with E-state index in [1.807, 2.05) is 12.1 Å². The van der Waals surface area contributed by atoms with Crippen LogP contribution in [0.1, 0.15) is 41.4 Å². The number of hydrogen-bond acceptors (Lipinski definition) is 6. The van der Waals surface area contributed by atoms with Crippen molar-refractivity contribution in [1.82, 2.24) is 9.21 Å². The Morgan fingerprint density at radius 1 is 0.974 bits per heavy atom. The molecule has 0 unspecified atom stereocenters. The third-order valence-corrected chi connectivity index (χ3v) is 8.99. The number of sulfonamides is 1. The van der Waals surface area contributed by atoms with E-state index in [1.165, 1.54) is 40.7 Å². The van der Waals surface area contributed by atoms with Gasteiger partial charge in [0, 0.05) is 25.2 Å². The monoisotopic (exact) mass is 556 g/mol. The second-order valence-corrected chi connectivity index (χ2v) is 11.0. The van der Waals surface area contributed by atoms with Gasteiger partial charge in [0.2, 0.25) is 10.0 Å². The van der Waals surface area contributed by atoms with Crippen LogP contribution < -0.4 is 14.2 Å². The molecule has 8 nitrogen and oxygen atoms in total. The van der Waals surface area contributed by atoms with Crippen LogP contribution in [0.3, 0.4) is 0 Å². The topological polar surface area (TPSA) is 85.4 Å². The number of amides is 1. The van der Waals surface area contributed by atoms with Gasteiger partial charge in [0.1, 0.15) is 18.2 Å². The molecule has 0 spiro atoms. The molecule has 0 fully saturated rings. The lowest BCUT2D eigenvalue weighted by Crippen LogP contribution is -2.42. The Labute approximate surface area is 229 Å². The molecule has 3 aromatic carbocycles. The molecule has 1 amide bonds. The standard InChI is InChI=1S/C29H33FN2O6S/c1-5-31(6-2)39(34,35)24-13-7-20(8-14-24)29(33)32-16-15-21-17-27(36-3)28(37-4)18-25(21)26(32)19-38-23-11-9-22(30)10-12-23/h7-14,17-18,26H,5-6,15-16,19H2,1-4H3/t26-/m0/s1. The van der Waals surface area contributed by atoms with E-state index >= 15 is 0 Å². The van der Waals surface area contributed by atoms with Crippen molar-refractivity contribution in [2.75, 3.05) is 40.5 Å². The summed E-state index contributed by atoms with van der Waals surface area (Å²) in [5.74, 6) is 0.977. The molecule has 0 aliphatic carbocycles. The first kappa shape index (κ1) is 28.4. The Hall–Kier alpha value is -3.63. The lowest BCUT2D eigenvalue weighted by Gasteiger charge is -2.37. The van der Waals surface area contributed by atoms with Crippen molar-refractivity contribution in [3.8, 4) is 17.2 Å². The summed E-state index contributed by atoms with van der Waals surface area (Å²) < 4.78 is 57.5. The van der Waals surface area contributed by atoms with Gasteiger partial charge in [-0.3, -0.25) is 4.79 Å². The van der Waals surface area contributed by atoms with Crippen LogP contribution in [0.5, 0.6) is 17.2 Å². The number of carbonyl (C=O) groups excluding carboxylic acids is 1. The molecule has 1 atom stereocenters. The molecule has 0 saturated heterocycles. The summed E-state index contributed by atoms with van der Waals surface area (Å²) >= 11 is 0. The second kappa shape index (κ2) is 12.0. The Balaban J connectivity index is 1.66. The summed E-state index contributed by atoms with van der Waals surface area (Å²) in [4.78, 5) is 15.6. The van der Waals surface area contributed by atoms with E-state index in [9.17, 15) is 17.6 Å². The van der Waals surface area contributed by atoms with Crippen LogP contribution in [-0.4, -0.2) is 64.0 Å². The highest BCUT2D eigenvalue weighted by atomic mass is 32.2. The lowest BCUT2D eigenvalue weighted by atomic mass is 9.91. The average Bonchev–Trinajstić information content (AvgIpc) is 2.96. The van der Waals surface area contributed by atoms with E-state index < -0.39 is 16.1 Å². The summed E-state index contributed by atoms with van der Waals surface area (Å²) in [7, 11) is -0.519. The third kappa shape index (κ3) is 5.86. The van der Waals surface area contributed by atoms with Gasteiger partial charge in [0.05, 0.1) is 25.2 Å². The number of methoxy groups -OCH3 is 2. The fourth-order valence-electron chi connectivity index (χ4n) is 4.80. The molecule has 4 rings (SSSR count). The molecule has 208 valence electrons. The van der Waals surface area contributed by atoms with Gasteiger partial charge < -0.3 is 19.1 Å². The molecule has 1 aliphatic heterocycles. The smallest absolute Gasteiger partial charge is 0.254 e. The highest BCUT2D eigenvalue weighted by Gasteiger charge is 2.34. The number of rotatable bonds is 10. The van der Waals surface area contributed by atoms with Crippen LogP contribution in [0.15, 0.2) is 65.6 Å². The zero-order chi connectivity index (χ0) is 28.2. The van der Waals surface area contributed by atoms with Gasteiger partial charge in [-0.05, 0) is 78.2 Å². The van der Waals surface area contributed by atoms with E-state index in [1.54, 1.807) is 45.1 Å². The van der Waals surface area contributed by atoms with Gasteiger partial charge >= 0.3 is 0 Å². The Morgan fingerprint density at radius 2 is 1.59 bits per heavy atom. The largest absolute Gasteiger partial charge is 0.493 e. The van der Waals surface area contributed by atoms with Crippen molar-refractivity contribution < 1.29 is 31.8 Å². The normalized spacial score (nSPS) is 15.1. The van der Waals surface area contributed by atoms with Crippen LogP contribution in [0, 0.1) is 5.82 Å². The van der Waals surface area contributed by atoms with Crippen molar-refractivity contribution in [3.05, 3.63) is 83.2 Å². The third-order valence-electron chi connectivity index (χ3n) is 6.93. The van der Waals surface area contributed by atoms with E-state index in [0.29, 0.717) is 48.9 Å². The van der Waals surface area contributed by atoms with Gasteiger partial charge in [-0.2, -0.15) is 4.31 Å². The van der Waals surface area contributed by atoms with Crippen molar-refractivity contribution >= 4 is 15.9 Å². The molecular weight excluding hydrogens is 523 g/mol. The minimum Gasteiger partial charge on any atom is -0.493 e. The first-order valence-corrected chi connectivity index (χ1v) is 14.2. The van der Waals surface area contributed by atoms with Crippen LogP contribution in [-0.2, 0) is 16.4 Å². The van der Waals surface area contributed by atoms with Crippen LogP contribution in [0.25, 0.3) is 0 Å². The molecule has 0 aromatic heterocycles. The number of ether oxygens (including phenoxy) is 3. The second-order valence-electron chi connectivity index (χ2n) is 9.05. The maximum Gasteiger partial charge on any atom is 0.254 e. The molecular formula is C29H33FN2O6S. The number of halogens is 1. The van der Waals surface area contributed by atoms with E-state index in [4.69, 9.17) is 14.2 Å². The molecule has 0 N–H and O–H groups in total. The molecule has 10 heteroatoms. The molecule has 0 bridgehead atoms. The predicted octanol–water partition coefficient (Wildman–Crippen LogP) is 4.69. The maximum atomic E-state index is 13.8. The Morgan fingerprint density at radius 3 is 2.18 bits per heavy atom. The Bertz CT molecular complexity index is 1410. The number of nitrogens with zero attached hydrogens (tertiary/aromatic N) is 2. The predicted molar refractivity (Wildman–Crippen MR) is 145 cm³/mol. The van der Waals surface area contributed by atoms with Gasteiger partial charge in [-0.1, -0.05) is 13.8 Å². The molecule has 0 radical (unpaired) electrons. The van der Waals surface area contributed by atoms with Gasteiger partial charge in [-0.15, -0.1) is 0 Å². The fraction of sp³-hybridized carbons (Fsp3) is 0.345. The van der Waals surface area contributed by atoms with E-state index in [0.717, 1.165) is 11.1 Å². The number of hydrogen-bond donors (Lipinski definition) is 0. The van der Waals surface area contributed by atoms with E-state index in [2.05, 4.69) is 0 Å². The zero-order valence-corrected chi connectivity index (χ0v) is 23.3. The molecule has 3 aromatic rings. The summed E-state index contributed by atoms with van der Waals surface area (Å²) in [6.07, 6.45) is 0.586. The summed E-state index contributed by atoms with van der Waals surface area (Å²) in [6.45, 7) is 4.82. The van der Waals surface area contributed by atoms with Gasteiger partial charge in [0.15, 0.2) is 11.5 Å². The molecule has 39 heavy (non-hydrogen) atoms. The lowest BCUT2D eigenvalue weighted by molar-refractivity contribution is 0.0589. The quantitative estimate of drug-likeness (QED) is 0.360. The average molecular weight is 557 g/mol. The minimum atomic E-state index is -3.64. The Kier molecular flexibility index (Phi) is 8.76. The zero-order valence-electron chi connectivity index (χ0n) is 22.5. The van der Waals surface area contributed by atoms with Crippen LogP contribution in [0.2, 0.25) is 0 Å². The van der Waals surface area contributed by atoms with Crippen molar-refractivity contribution in [2.24, 2.45) is 0 Å². The summed E-state index contributed by atoms with van der Waals surface area (Å²) in [5, 5.41) is 0. The highest BCUT2D eigenvalue weighted by molar-refractivity contribution is 7.89. The first-order valence-electron chi connectivity index (χ1n) is 12.8. The van der Waals surface area contributed by atoms with Crippen LogP contribution >= 0.6 is 0 Å². The number of carbonyl (C=O) groups is 1. The van der Waals surface area contributed by atoms with Gasteiger partial charge in [-0.25, -0.2) is 12.8 Å². The molecule has 1 aliphatic rings. The van der Waals surface area contributed by atoms with Crippen LogP contribution in [0.4, 0.5) is 4.39 Å². The number of fused-ring (bicyclic) bond motifs is 1. The maximum absolute atomic E-state index is 13.8. The van der Waals surface area contributed by atoms with Gasteiger partial charge in [0.25, 0.3) is 5.91 Å². The minimum absolute atomic E-state index is 0.119. The van der Waals surface area contributed by atoms with Crippen molar-refractivity contribution in [2.45, 2.75) is 31.2 Å². The molecule has 0 saturated carbocycles. The SMILES string of the molecule is CCN(CC)S(=O)(=O)c1ccc(C(=O)N2CCc3cc(OC)c(OC)cc3[C@@H]2COc2ccc(F)cc2)cc1. The first-order chi connectivity index (χ1) is 18.7. The summed E-state index contributed by atoms with van der Waals surface area (Å²) in [6, 6.07) is 15.0. The molecule has 1 heterocycles. The number of benzene rings is 3. The summed E-state index contributed by atoms with van der Waals surface area (Å²) in [5.41, 5.74) is 2.23. The van der Waals surface area contributed by atoms with E-state index in [-0.39, 0.29) is 23.2 Å². The van der Waals surface area contributed by atoms with Crippen molar-refractivity contribution in [3.63, 3.8) is 0 Å². The van der Waals surface area contributed by atoms with Crippen molar-refractivity contribution in [1.29, 1.82) is 0 Å². The highest BCUT2D eigenvalue weighted by Crippen LogP contribution is 2.39. The fourth-order valence-corrected chi connectivity index (χ4v) is 6.26.